The Morgan fingerprint density at radius 3 is 2.56 bits per heavy atom. The van der Waals surface area contributed by atoms with Gasteiger partial charge in [0.1, 0.15) is 5.82 Å². The van der Waals surface area contributed by atoms with E-state index in [1.165, 1.54) is 40.7 Å². The van der Waals surface area contributed by atoms with Crippen LogP contribution in [-0.2, 0) is 16.6 Å². The zero-order chi connectivity index (χ0) is 22.9. The largest absolute Gasteiger partial charge is 0.305 e. The molecule has 32 heavy (non-hydrogen) atoms. The summed E-state index contributed by atoms with van der Waals surface area (Å²) in [4.78, 5) is 17.4. The molecule has 0 aliphatic carbocycles. The Morgan fingerprint density at radius 1 is 1.22 bits per heavy atom. The summed E-state index contributed by atoms with van der Waals surface area (Å²) >= 11 is 1.16. The summed E-state index contributed by atoms with van der Waals surface area (Å²) in [6.07, 6.45) is 7.13. The van der Waals surface area contributed by atoms with Crippen molar-refractivity contribution in [2.24, 2.45) is 10.9 Å². The van der Waals surface area contributed by atoms with Crippen molar-refractivity contribution in [3.05, 3.63) is 58.6 Å². The fraction of sp³-hybridized carbons (Fsp3) is 0.304. The molecule has 0 N–H and O–H groups in total. The Morgan fingerprint density at radius 2 is 1.91 bits per heavy atom. The van der Waals surface area contributed by atoms with E-state index in [1.807, 2.05) is 0 Å². The number of carbonyl (C=O) groups is 1. The summed E-state index contributed by atoms with van der Waals surface area (Å²) in [5, 5.41) is 0. The first-order valence-corrected chi connectivity index (χ1v) is 12.5. The number of piperidine rings is 1. The molecule has 0 bridgehead atoms. The van der Waals surface area contributed by atoms with E-state index >= 15 is 0 Å². The molecule has 166 valence electrons. The second-order valence-corrected chi connectivity index (χ2v) is 10.8. The third-order valence-electron chi connectivity index (χ3n) is 5.57. The van der Waals surface area contributed by atoms with Crippen LogP contribution in [0, 0.1) is 24.1 Å². The normalized spacial score (nSPS) is 16.3. The maximum atomic E-state index is 13.6. The Balaban J connectivity index is 1.63. The van der Waals surface area contributed by atoms with Crippen LogP contribution >= 0.6 is 11.3 Å². The summed E-state index contributed by atoms with van der Waals surface area (Å²) in [5.74, 6) is 2.13. The summed E-state index contributed by atoms with van der Waals surface area (Å²) < 4.78 is 43.1. The fourth-order valence-electron chi connectivity index (χ4n) is 3.67. The lowest BCUT2D eigenvalue weighted by Crippen LogP contribution is -2.37. The van der Waals surface area contributed by atoms with Gasteiger partial charge in [-0.25, -0.2) is 12.8 Å². The number of terminal acetylenes is 1. The minimum atomic E-state index is -3.59. The van der Waals surface area contributed by atoms with Gasteiger partial charge < -0.3 is 4.57 Å². The number of hydrogen-bond acceptors (Lipinski definition) is 4. The van der Waals surface area contributed by atoms with E-state index < -0.39 is 15.9 Å². The first-order valence-electron chi connectivity index (χ1n) is 10.2. The zero-order valence-electron chi connectivity index (χ0n) is 17.5. The number of carbonyl (C=O) groups excluding carboxylic acids is 1. The molecule has 0 saturated carbocycles. The van der Waals surface area contributed by atoms with E-state index in [4.69, 9.17) is 6.42 Å². The number of nitrogens with zero attached hydrogens (tertiary/aromatic N) is 3. The summed E-state index contributed by atoms with van der Waals surface area (Å²) in [7, 11) is -3.59. The first kappa shape index (κ1) is 22.4. The third kappa shape index (κ3) is 4.39. The number of rotatable bonds is 4. The average molecular weight is 472 g/mol. The van der Waals surface area contributed by atoms with Crippen LogP contribution in [0.4, 0.5) is 4.39 Å². The van der Waals surface area contributed by atoms with Gasteiger partial charge in [-0.3, -0.25) is 4.79 Å². The van der Waals surface area contributed by atoms with Gasteiger partial charge in [0.05, 0.1) is 21.7 Å². The summed E-state index contributed by atoms with van der Waals surface area (Å²) in [6, 6.07) is 10.1. The molecular formula is C23H22FN3O3S2. The second kappa shape index (κ2) is 8.98. The number of thiazole rings is 1. The van der Waals surface area contributed by atoms with Gasteiger partial charge >= 0.3 is 0 Å². The van der Waals surface area contributed by atoms with Crippen LogP contribution in [0.25, 0.3) is 10.2 Å². The smallest absolute Gasteiger partial charge is 0.279 e. The Hall–Kier alpha value is -2.80. The number of aromatic nitrogens is 1. The van der Waals surface area contributed by atoms with E-state index in [9.17, 15) is 17.6 Å². The highest BCUT2D eigenvalue weighted by Crippen LogP contribution is 2.24. The van der Waals surface area contributed by atoms with Gasteiger partial charge in [0.2, 0.25) is 10.0 Å². The predicted molar refractivity (Wildman–Crippen MR) is 122 cm³/mol. The van der Waals surface area contributed by atoms with Crippen molar-refractivity contribution in [1.29, 1.82) is 0 Å². The molecular weight excluding hydrogens is 449 g/mol. The maximum absolute atomic E-state index is 13.6. The number of hydrogen-bond donors (Lipinski definition) is 0. The Bertz CT molecular complexity index is 1370. The lowest BCUT2D eigenvalue weighted by atomic mass is 10.0. The van der Waals surface area contributed by atoms with Crippen molar-refractivity contribution in [2.75, 3.05) is 13.1 Å². The molecule has 0 spiro atoms. The van der Waals surface area contributed by atoms with Crippen LogP contribution < -0.4 is 4.80 Å². The van der Waals surface area contributed by atoms with Gasteiger partial charge in [0.15, 0.2) is 4.80 Å². The summed E-state index contributed by atoms with van der Waals surface area (Å²) in [5.41, 5.74) is 0.949. The van der Waals surface area contributed by atoms with E-state index in [-0.39, 0.29) is 22.8 Å². The Kier molecular flexibility index (Phi) is 6.29. The number of halogens is 1. The molecule has 0 radical (unpaired) electrons. The van der Waals surface area contributed by atoms with Crippen LogP contribution in [0.15, 0.2) is 52.4 Å². The number of sulfonamides is 1. The first-order chi connectivity index (χ1) is 15.3. The molecule has 1 aliphatic rings. The fourth-order valence-corrected chi connectivity index (χ4v) is 6.19. The summed E-state index contributed by atoms with van der Waals surface area (Å²) in [6.45, 7) is 3.31. The average Bonchev–Trinajstić information content (AvgIpc) is 3.10. The van der Waals surface area contributed by atoms with Gasteiger partial charge in [0.25, 0.3) is 5.91 Å². The highest BCUT2D eigenvalue weighted by molar-refractivity contribution is 7.89. The molecule has 4 rings (SSSR count). The topological polar surface area (TPSA) is 71.7 Å². The maximum Gasteiger partial charge on any atom is 0.279 e. The minimum Gasteiger partial charge on any atom is -0.305 e. The Labute approximate surface area is 190 Å². The van der Waals surface area contributed by atoms with Crippen molar-refractivity contribution in [3.63, 3.8) is 0 Å². The molecule has 0 atom stereocenters. The molecule has 9 heteroatoms. The lowest BCUT2D eigenvalue weighted by Gasteiger charge is -2.29. The van der Waals surface area contributed by atoms with Crippen molar-refractivity contribution in [1.82, 2.24) is 8.87 Å². The van der Waals surface area contributed by atoms with E-state index in [2.05, 4.69) is 17.8 Å². The van der Waals surface area contributed by atoms with Crippen molar-refractivity contribution in [2.45, 2.75) is 31.2 Å². The molecule has 1 saturated heterocycles. The SMILES string of the molecule is C#CCn1c(=NC(=O)c2ccc(S(=O)(=O)N3CCC(C)CC3)cc2)sc2cc(F)ccc21. The zero-order valence-corrected chi connectivity index (χ0v) is 19.1. The van der Waals surface area contributed by atoms with Gasteiger partial charge in [-0.05, 0) is 61.2 Å². The van der Waals surface area contributed by atoms with Crippen LogP contribution in [0.3, 0.4) is 0 Å². The lowest BCUT2D eigenvalue weighted by molar-refractivity contribution is 0.0997. The molecule has 1 aromatic heterocycles. The second-order valence-electron chi connectivity index (χ2n) is 7.81. The minimum absolute atomic E-state index is 0.156. The predicted octanol–water partition coefficient (Wildman–Crippen LogP) is 3.64. The van der Waals surface area contributed by atoms with Gasteiger partial charge in [-0.15, -0.1) is 6.42 Å². The van der Waals surface area contributed by atoms with Crippen molar-refractivity contribution < 1.29 is 17.6 Å². The molecule has 0 unspecified atom stereocenters. The van der Waals surface area contributed by atoms with Crippen molar-refractivity contribution in [3.8, 4) is 12.3 Å². The number of fused-ring (bicyclic) bond motifs is 1. The molecule has 2 heterocycles. The molecule has 3 aromatic rings. The molecule has 6 nitrogen and oxygen atoms in total. The van der Waals surface area contributed by atoms with Crippen LogP contribution in [-0.4, -0.2) is 36.3 Å². The molecule has 1 fully saturated rings. The quantitative estimate of drug-likeness (QED) is 0.546. The van der Waals surface area contributed by atoms with E-state index in [0.717, 1.165) is 24.2 Å². The number of benzene rings is 2. The molecule has 2 aromatic carbocycles. The van der Waals surface area contributed by atoms with Gasteiger partial charge in [-0.2, -0.15) is 9.30 Å². The van der Waals surface area contributed by atoms with Gasteiger partial charge in [-0.1, -0.05) is 24.2 Å². The monoisotopic (exact) mass is 471 g/mol. The van der Waals surface area contributed by atoms with Crippen LogP contribution in [0.5, 0.6) is 0 Å². The van der Waals surface area contributed by atoms with E-state index in [1.54, 1.807) is 10.6 Å². The van der Waals surface area contributed by atoms with Crippen LogP contribution in [0.1, 0.15) is 30.1 Å². The van der Waals surface area contributed by atoms with Gasteiger partial charge in [0, 0.05) is 18.7 Å². The molecule has 1 aliphatic heterocycles. The standard InChI is InChI=1S/C23H22FN3O3S2/c1-3-12-27-20-9-6-18(24)15-21(20)31-23(27)25-22(28)17-4-7-19(8-5-17)32(29,30)26-13-10-16(2)11-14-26/h1,4-9,15-16H,10-14H2,2H3. The highest BCUT2D eigenvalue weighted by Gasteiger charge is 2.28. The van der Waals surface area contributed by atoms with Crippen molar-refractivity contribution >= 4 is 37.5 Å². The highest BCUT2D eigenvalue weighted by atomic mass is 32.2. The number of amides is 1. The van der Waals surface area contributed by atoms with E-state index in [0.29, 0.717) is 34.0 Å². The third-order valence-corrected chi connectivity index (χ3v) is 8.53. The molecule has 1 amide bonds. The van der Waals surface area contributed by atoms with Crippen LogP contribution in [0.2, 0.25) is 0 Å².